The summed E-state index contributed by atoms with van der Waals surface area (Å²) < 4.78 is 34.0. The molecule has 0 aromatic heterocycles. The zero-order valence-corrected chi connectivity index (χ0v) is 18.9. The molecule has 1 N–H and O–H groups in total. The first-order chi connectivity index (χ1) is 14.8. The molecule has 1 aromatic carbocycles. The Hall–Kier alpha value is -2.17. The molecule has 3 rings (SSSR count). The second kappa shape index (κ2) is 10.4. The van der Waals surface area contributed by atoms with Crippen molar-refractivity contribution in [1.29, 1.82) is 0 Å². The smallest absolute Gasteiger partial charge is 0.409 e. The molecule has 9 nitrogen and oxygen atoms in total. The summed E-state index contributed by atoms with van der Waals surface area (Å²) in [5, 5.41) is 3.38. The van der Waals surface area contributed by atoms with Gasteiger partial charge in [0.25, 0.3) is 0 Å². The normalized spacial score (nSPS) is 21.9. The van der Waals surface area contributed by atoms with Gasteiger partial charge >= 0.3 is 6.09 Å². The highest BCUT2D eigenvalue weighted by atomic mass is 32.2. The van der Waals surface area contributed by atoms with Gasteiger partial charge in [-0.3, -0.25) is 4.79 Å². The summed E-state index contributed by atoms with van der Waals surface area (Å²) in [4.78, 5) is 28.6. The van der Waals surface area contributed by atoms with E-state index in [2.05, 4.69) is 5.32 Å². The van der Waals surface area contributed by atoms with Gasteiger partial charge in [-0.1, -0.05) is 12.1 Å². The lowest BCUT2D eigenvalue weighted by Gasteiger charge is -2.40. The van der Waals surface area contributed by atoms with Gasteiger partial charge in [-0.2, -0.15) is 0 Å². The lowest BCUT2D eigenvalue weighted by atomic mass is 10.1. The van der Waals surface area contributed by atoms with Gasteiger partial charge in [0.1, 0.15) is 0 Å². The van der Waals surface area contributed by atoms with Crippen LogP contribution in [0.1, 0.15) is 18.4 Å². The van der Waals surface area contributed by atoms with Crippen molar-refractivity contribution in [2.24, 2.45) is 0 Å². The van der Waals surface area contributed by atoms with Gasteiger partial charge in [-0.05, 0) is 37.1 Å². The van der Waals surface area contributed by atoms with Crippen LogP contribution in [0.15, 0.2) is 29.2 Å². The molecule has 2 fully saturated rings. The van der Waals surface area contributed by atoms with Crippen LogP contribution in [0.2, 0.25) is 0 Å². The van der Waals surface area contributed by atoms with Crippen molar-refractivity contribution < 1.29 is 27.5 Å². The van der Waals surface area contributed by atoms with Gasteiger partial charge < -0.3 is 24.6 Å². The Bertz CT molecular complexity index is 868. The Balaban J connectivity index is 1.63. The molecule has 10 heteroatoms. The van der Waals surface area contributed by atoms with E-state index in [-0.39, 0.29) is 23.3 Å². The minimum absolute atomic E-state index is 0.0794. The first-order valence-corrected chi connectivity index (χ1v) is 12.4. The molecule has 31 heavy (non-hydrogen) atoms. The maximum absolute atomic E-state index is 13.0. The quantitative estimate of drug-likeness (QED) is 0.647. The topological polar surface area (TPSA) is 105 Å². The number of nitrogens with zero attached hydrogens (tertiary/aromatic N) is 2. The van der Waals surface area contributed by atoms with Crippen molar-refractivity contribution in [1.82, 2.24) is 15.1 Å². The molecule has 0 saturated carbocycles. The fraction of sp³-hybridized carbons (Fsp3) is 0.619. The highest BCUT2D eigenvalue weighted by Crippen LogP contribution is 2.16. The summed E-state index contributed by atoms with van der Waals surface area (Å²) in [6.45, 7) is 3.05. The number of carbonyl (C=O) groups excluding carboxylic acids is 2. The molecular formula is C21H31N3O6S. The second-order valence-electron chi connectivity index (χ2n) is 8.08. The van der Waals surface area contributed by atoms with Crippen LogP contribution in [-0.2, 0) is 30.5 Å². The average Bonchev–Trinajstić information content (AvgIpc) is 3.26. The molecule has 0 aliphatic carbocycles. The summed E-state index contributed by atoms with van der Waals surface area (Å²) in [5.41, 5.74) is 0.739. The fourth-order valence-corrected chi connectivity index (χ4v) is 4.63. The van der Waals surface area contributed by atoms with E-state index in [1.807, 2.05) is 0 Å². The van der Waals surface area contributed by atoms with E-state index < -0.39 is 15.9 Å². The van der Waals surface area contributed by atoms with E-state index in [0.29, 0.717) is 38.9 Å². The summed E-state index contributed by atoms with van der Waals surface area (Å²) >= 11 is 0. The predicted octanol–water partition coefficient (Wildman–Crippen LogP) is 0.680. The number of rotatable bonds is 7. The lowest BCUT2D eigenvalue weighted by Crippen LogP contribution is -2.58. The van der Waals surface area contributed by atoms with Gasteiger partial charge in [0.2, 0.25) is 5.91 Å². The third kappa shape index (κ3) is 6.41. The zero-order chi connectivity index (χ0) is 22.4. The van der Waals surface area contributed by atoms with E-state index >= 15 is 0 Å². The molecule has 2 saturated heterocycles. The molecule has 2 heterocycles. The summed E-state index contributed by atoms with van der Waals surface area (Å²) in [6.07, 6.45) is 3.11. The van der Waals surface area contributed by atoms with E-state index in [0.717, 1.165) is 31.2 Å². The number of hydrogen-bond donors (Lipinski definition) is 1. The molecule has 2 aliphatic rings. The SMILES string of the molecule is COC(=O)N1CCN(C(=O)Cc2ccc(S(C)(=O)=O)cc2)C(COCC2CCCN2)C1. The van der Waals surface area contributed by atoms with Gasteiger partial charge in [0.05, 0.1) is 37.7 Å². The average molecular weight is 454 g/mol. The van der Waals surface area contributed by atoms with Crippen LogP contribution in [0.3, 0.4) is 0 Å². The van der Waals surface area contributed by atoms with Gasteiger partial charge in [-0.15, -0.1) is 0 Å². The molecular weight excluding hydrogens is 422 g/mol. The molecule has 2 amide bonds. The number of piperazine rings is 1. The van der Waals surface area contributed by atoms with Crippen molar-refractivity contribution in [3.8, 4) is 0 Å². The third-order valence-electron chi connectivity index (χ3n) is 5.73. The number of amides is 2. The number of sulfone groups is 1. The van der Waals surface area contributed by atoms with Crippen LogP contribution in [0.25, 0.3) is 0 Å². The van der Waals surface area contributed by atoms with E-state index in [1.165, 1.54) is 19.2 Å². The second-order valence-corrected chi connectivity index (χ2v) is 10.1. The van der Waals surface area contributed by atoms with Crippen molar-refractivity contribution in [3.63, 3.8) is 0 Å². The Morgan fingerprint density at radius 2 is 1.90 bits per heavy atom. The summed E-state index contributed by atoms with van der Waals surface area (Å²) in [5.74, 6) is -0.0794. The fourth-order valence-electron chi connectivity index (χ4n) is 4.00. The Morgan fingerprint density at radius 3 is 2.52 bits per heavy atom. The van der Waals surface area contributed by atoms with Crippen molar-refractivity contribution in [2.45, 2.75) is 36.2 Å². The summed E-state index contributed by atoms with van der Waals surface area (Å²) in [7, 11) is -1.93. The number of methoxy groups -OCH3 is 1. The van der Waals surface area contributed by atoms with Gasteiger partial charge in [0.15, 0.2) is 9.84 Å². The Labute approximate surface area is 183 Å². The van der Waals surface area contributed by atoms with Crippen LogP contribution >= 0.6 is 0 Å². The minimum Gasteiger partial charge on any atom is -0.453 e. The highest BCUT2D eigenvalue weighted by molar-refractivity contribution is 7.90. The maximum Gasteiger partial charge on any atom is 0.409 e. The van der Waals surface area contributed by atoms with Crippen LogP contribution in [0.4, 0.5) is 4.79 Å². The molecule has 0 spiro atoms. The standard InChI is InChI=1S/C21H31N3O6S/c1-29-21(26)23-10-11-24(18(13-23)15-30-14-17-4-3-9-22-17)20(25)12-16-5-7-19(8-6-16)31(2,27)28/h5-8,17-18,22H,3-4,9-15H2,1-2H3. The third-order valence-corrected chi connectivity index (χ3v) is 6.86. The molecule has 2 unspecified atom stereocenters. The van der Waals surface area contributed by atoms with Gasteiger partial charge in [-0.25, -0.2) is 13.2 Å². The minimum atomic E-state index is -3.28. The first-order valence-electron chi connectivity index (χ1n) is 10.5. The van der Waals surface area contributed by atoms with Crippen LogP contribution < -0.4 is 5.32 Å². The molecule has 1 aromatic rings. The molecule has 172 valence electrons. The van der Waals surface area contributed by atoms with E-state index in [9.17, 15) is 18.0 Å². The zero-order valence-electron chi connectivity index (χ0n) is 18.1. The van der Waals surface area contributed by atoms with Gasteiger partial charge in [0, 0.05) is 31.9 Å². The predicted molar refractivity (Wildman–Crippen MR) is 115 cm³/mol. The number of carbonyl (C=O) groups is 2. The van der Waals surface area contributed by atoms with Crippen molar-refractivity contribution >= 4 is 21.8 Å². The Kier molecular flexibility index (Phi) is 7.90. The van der Waals surface area contributed by atoms with Crippen LogP contribution in [0.5, 0.6) is 0 Å². The number of benzene rings is 1. The van der Waals surface area contributed by atoms with Crippen LogP contribution in [0, 0.1) is 0 Å². The van der Waals surface area contributed by atoms with Crippen molar-refractivity contribution in [2.75, 3.05) is 52.8 Å². The van der Waals surface area contributed by atoms with Crippen LogP contribution in [-0.4, -0.2) is 95.1 Å². The van der Waals surface area contributed by atoms with E-state index in [4.69, 9.17) is 9.47 Å². The highest BCUT2D eigenvalue weighted by Gasteiger charge is 2.33. The largest absolute Gasteiger partial charge is 0.453 e. The number of ether oxygens (including phenoxy) is 2. The molecule has 0 bridgehead atoms. The molecule has 2 aliphatic heterocycles. The first kappa shape index (κ1) is 23.5. The maximum atomic E-state index is 13.0. The van der Waals surface area contributed by atoms with Crippen molar-refractivity contribution in [3.05, 3.63) is 29.8 Å². The number of nitrogens with one attached hydrogen (secondary N) is 1. The van der Waals surface area contributed by atoms with E-state index in [1.54, 1.807) is 21.9 Å². The monoisotopic (exact) mass is 453 g/mol. The molecule has 2 atom stereocenters. The summed E-state index contributed by atoms with van der Waals surface area (Å²) in [6, 6.07) is 6.42. The lowest BCUT2D eigenvalue weighted by molar-refractivity contribution is -0.137. The molecule has 0 radical (unpaired) electrons. The number of hydrogen-bond acceptors (Lipinski definition) is 7. The Morgan fingerprint density at radius 1 is 1.16 bits per heavy atom.